The molecule has 0 amide bonds. The topological polar surface area (TPSA) is 101 Å². The molecule has 2 N–H and O–H groups in total. The standard InChI is InChI=1S/C25H22ClN3O3S2/c1-3-6-17(13-14-27)24-28-19(16-34(31)20-11-9-18(26)10-12-20)15-23(29-24)33-22-8-5-4-7-21(22)25(30)32-2/h3-15H,1,16,27H2,2H3/b14-13-,17-6+. The third kappa shape index (κ3) is 6.74. The van der Waals surface area contributed by atoms with Crippen LogP contribution in [0.1, 0.15) is 21.9 Å². The molecule has 3 rings (SSSR count). The number of benzene rings is 2. The van der Waals surface area contributed by atoms with Gasteiger partial charge in [-0.15, -0.1) is 0 Å². The molecule has 6 nitrogen and oxygen atoms in total. The monoisotopic (exact) mass is 511 g/mol. The van der Waals surface area contributed by atoms with Crippen LogP contribution >= 0.6 is 23.4 Å². The number of nitrogens with two attached hydrogens (primary N) is 1. The highest BCUT2D eigenvalue weighted by atomic mass is 35.5. The molecular formula is C25H22ClN3O3S2. The fraction of sp³-hybridized carbons (Fsp3) is 0.0800. The van der Waals surface area contributed by atoms with E-state index in [1.54, 1.807) is 60.7 Å². The van der Waals surface area contributed by atoms with Crippen LogP contribution in [0.5, 0.6) is 0 Å². The smallest absolute Gasteiger partial charge is 0.339 e. The molecule has 0 fully saturated rings. The molecule has 0 spiro atoms. The zero-order valence-electron chi connectivity index (χ0n) is 18.3. The Labute approximate surface area is 210 Å². The number of aromatic nitrogens is 2. The lowest BCUT2D eigenvalue weighted by atomic mass is 10.2. The molecule has 1 heterocycles. The maximum atomic E-state index is 13.0. The highest BCUT2D eigenvalue weighted by Gasteiger charge is 2.18. The van der Waals surface area contributed by atoms with Gasteiger partial charge in [0.15, 0.2) is 16.5 Å². The summed E-state index contributed by atoms with van der Waals surface area (Å²) in [5, 5.41) is 1.14. The lowest BCUT2D eigenvalue weighted by molar-refractivity contribution is 0.0597. The maximum Gasteiger partial charge on any atom is 0.339 e. The van der Waals surface area contributed by atoms with E-state index in [9.17, 15) is 9.35 Å². The molecule has 1 atom stereocenters. The van der Waals surface area contributed by atoms with Crippen LogP contribution in [0.2, 0.25) is 5.02 Å². The summed E-state index contributed by atoms with van der Waals surface area (Å²) in [5.74, 6) is 0.113. The van der Waals surface area contributed by atoms with E-state index in [2.05, 4.69) is 16.5 Å². The van der Waals surface area contributed by atoms with E-state index in [-0.39, 0.29) is 5.75 Å². The van der Waals surface area contributed by atoms with E-state index >= 15 is 0 Å². The van der Waals surface area contributed by atoms with E-state index < -0.39 is 17.1 Å². The van der Waals surface area contributed by atoms with Gasteiger partial charge >= 0.3 is 5.97 Å². The van der Waals surface area contributed by atoms with Crippen LogP contribution in [0.25, 0.3) is 5.57 Å². The van der Waals surface area contributed by atoms with Gasteiger partial charge in [0.2, 0.25) is 0 Å². The molecule has 0 saturated heterocycles. The van der Waals surface area contributed by atoms with Gasteiger partial charge in [-0.2, -0.15) is 0 Å². The lowest BCUT2D eigenvalue weighted by Gasteiger charge is -2.13. The summed E-state index contributed by atoms with van der Waals surface area (Å²) in [5.41, 5.74) is 7.23. The van der Waals surface area contributed by atoms with Crippen molar-refractivity contribution in [1.82, 2.24) is 9.97 Å². The number of ether oxygens (including phenoxy) is 1. The number of hydrogen-bond acceptors (Lipinski definition) is 7. The number of nitrogens with zero attached hydrogens (tertiary/aromatic N) is 2. The van der Waals surface area contributed by atoms with Crippen molar-refractivity contribution in [3.05, 3.63) is 108 Å². The third-order valence-corrected chi connectivity index (χ3v) is 7.05. The number of rotatable bonds is 9. The summed E-state index contributed by atoms with van der Waals surface area (Å²) < 4.78 is 17.9. The normalized spacial score (nSPS) is 12.5. The minimum atomic E-state index is -1.35. The Hall–Kier alpha value is -3.04. The molecule has 0 aliphatic carbocycles. The van der Waals surface area contributed by atoms with Crippen molar-refractivity contribution in [3.8, 4) is 0 Å². The van der Waals surface area contributed by atoms with Gasteiger partial charge in [0.05, 0.1) is 18.4 Å². The fourth-order valence-corrected chi connectivity index (χ4v) is 5.02. The van der Waals surface area contributed by atoms with Crippen molar-refractivity contribution in [2.24, 2.45) is 5.73 Å². The molecule has 0 saturated carbocycles. The lowest BCUT2D eigenvalue weighted by Crippen LogP contribution is -2.09. The predicted octanol–water partition coefficient (Wildman–Crippen LogP) is 5.42. The minimum absolute atomic E-state index is 0.164. The molecule has 0 aliphatic heterocycles. The Bertz CT molecular complexity index is 1230. The number of halogens is 1. The molecule has 174 valence electrons. The number of methoxy groups -OCH3 is 1. The predicted molar refractivity (Wildman–Crippen MR) is 137 cm³/mol. The van der Waals surface area contributed by atoms with Crippen molar-refractivity contribution >= 4 is 46.1 Å². The first-order valence-corrected chi connectivity index (χ1v) is 12.5. The van der Waals surface area contributed by atoms with Gasteiger partial charge in [0.25, 0.3) is 0 Å². The average Bonchev–Trinajstić information content (AvgIpc) is 2.84. The van der Waals surface area contributed by atoms with E-state index in [0.29, 0.717) is 42.5 Å². The van der Waals surface area contributed by atoms with Gasteiger partial charge in [-0.05, 0) is 65.9 Å². The van der Waals surface area contributed by atoms with Crippen LogP contribution < -0.4 is 5.73 Å². The van der Waals surface area contributed by atoms with Crippen molar-refractivity contribution in [2.45, 2.75) is 20.6 Å². The van der Waals surface area contributed by atoms with Crippen LogP contribution in [0.3, 0.4) is 0 Å². The van der Waals surface area contributed by atoms with Gasteiger partial charge in [-0.25, -0.2) is 14.8 Å². The molecular weight excluding hydrogens is 490 g/mol. The van der Waals surface area contributed by atoms with E-state index in [1.165, 1.54) is 25.1 Å². The first kappa shape index (κ1) is 25.6. The van der Waals surface area contributed by atoms with Crippen LogP contribution in [-0.2, 0) is 21.7 Å². The Morgan fingerprint density at radius 3 is 2.65 bits per heavy atom. The van der Waals surface area contributed by atoms with Crippen LogP contribution in [0.4, 0.5) is 0 Å². The molecule has 2 aromatic carbocycles. The third-order valence-electron chi connectivity index (χ3n) is 4.45. The second-order valence-electron chi connectivity index (χ2n) is 6.77. The molecule has 34 heavy (non-hydrogen) atoms. The van der Waals surface area contributed by atoms with Crippen molar-refractivity contribution in [2.75, 3.05) is 7.11 Å². The van der Waals surface area contributed by atoms with Crippen LogP contribution in [0, 0.1) is 0 Å². The highest BCUT2D eigenvalue weighted by molar-refractivity contribution is 7.99. The zero-order chi connectivity index (χ0) is 24.5. The Morgan fingerprint density at radius 1 is 1.24 bits per heavy atom. The van der Waals surface area contributed by atoms with Crippen molar-refractivity contribution in [1.29, 1.82) is 0 Å². The Morgan fingerprint density at radius 2 is 1.97 bits per heavy atom. The van der Waals surface area contributed by atoms with Gasteiger partial charge < -0.3 is 15.0 Å². The summed E-state index contributed by atoms with van der Waals surface area (Å²) in [6.07, 6.45) is 6.39. The van der Waals surface area contributed by atoms with Gasteiger partial charge in [-0.1, -0.05) is 54.2 Å². The number of allylic oxidation sites excluding steroid dienone is 4. The van der Waals surface area contributed by atoms with Crippen LogP contribution in [-0.4, -0.2) is 27.6 Å². The van der Waals surface area contributed by atoms with Gasteiger partial charge in [0.1, 0.15) is 5.03 Å². The molecule has 0 radical (unpaired) electrons. The first-order valence-electron chi connectivity index (χ1n) is 10.0. The Kier molecular flexibility index (Phi) is 9.35. The largest absolute Gasteiger partial charge is 0.611 e. The summed E-state index contributed by atoms with van der Waals surface area (Å²) in [7, 11) is 1.34. The molecule has 0 aliphatic rings. The van der Waals surface area contributed by atoms with Crippen molar-refractivity contribution < 1.29 is 14.1 Å². The quantitative estimate of drug-likeness (QED) is 0.177. The highest BCUT2D eigenvalue weighted by Crippen LogP contribution is 2.31. The summed E-state index contributed by atoms with van der Waals surface area (Å²) >= 11 is 5.88. The van der Waals surface area contributed by atoms with Crippen LogP contribution in [0.15, 0.2) is 100 Å². The summed E-state index contributed by atoms with van der Waals surface area (Å²) in [6, 6.07) is 15.7. The van der Waals surface area contributed by atoms with E-state index in [4.69, 9.17) is 22.1 Å². The summed E-state index contributed by atoms with van der Waals surface area (Å²) in [6.45, 7) is 3.73. The number of carbonyl (C=O) groups excluding carboxylic acids is 1. The van der Waals surface area contributed by atoms with Gasteiger partial charge in [-0.3, -0.25) is 0 Å². The SMILES string of the molecule is C=C/C=C(\C=C/N)c1nc(C[S+]([O-])c2ccc(Cl)cc2)cc(Sc2ccccc2C(=O)OC)n1. The first-order chi connectivity index (χ1) is 16.4. The molecule has 9 heteroatoms. The maximum absolute atomic E-state index is 13.0. The van der Waals surface area contributed by atoms with E-state index in [0.717, 1.165) is 0 Å². The number of carbonyl (C=O) groups is 1. The average molecular weight is 512 g/mol. The van der Waals surface area contributed by atoms with E-state index in [1.807, 2.05) is 12.1 Å². The molecule has 1 aromatic heterocycles. The fourth-order valence-electron chi connectivity index (χ4n) is 2.91. The van der Waals surface area contributed by atoms with Gasteiger partial charge in [0, 0.05) is 15.5 Å². The summed E-state index contributed by atoms with van der Waals surface area (Å²) in [4.78, 5) is 22.8. The number of hydrogen-bond donors (Lipinski definition) is 1. The minimum Gasteiger partial charge on any atom is -0.611 e. The van der Waals surface area contributed by atoms with Crippen molar-refractivity contribution in [3.63, 3.8) is 0 Å². The molecule has 3 aromatic rings. The molecule has 1 unspecified atom stereocenters. The number of esters is 1. The zero-order valence-corrected chi connectivity index (χ0v) is 20.7. The second-order valence-corrected chi connectivity index (χ2v) is 9.72. The second kappa shape index (κ2) is 12.4. The Balaban J connectivity index is 2.03. The molecule has 0 bridgehead atoms.